The number of hydrogen-bond donors (Lipinski definition) is 1. The van der Waals surface area contributed by atoms with Crippen LogP contribution in [-0.4, -0.2) is 50.5 Å². The molecule has 1 fully saturated rings. The molecule has 3 nitrogen and oxygen atoms in total. The Kier molecular flexibility index (Phi) is 6.60. The van der Waals surface area contributed by atoms with E-state index in [-0.39, 0.29) is 0 Å². The fourth-order valence-electron chi connectivity index (χ4n) is 1.47. The van der Waals surface area contributed by atoms with Crippen LogP contribution < -0.4 is 5.32 Å². The summed E-state index contributed by atoms with van der Waals surface area (Å²) < 4.78 is 11.2. The van der Waals surface area contributed by atoms with Crippen LogP contribution in [0.4, 0.5) is 0 Å². The van der Waals surface area contributed by atoms with Gasteiger partial charge in [0, 0.05) is 18.1 Å². The molecule has 0 aromatic carbocycles. The van der Waals surface area contributed by atoms with Crippen molar-refractivity contribution in [3.05, 3.63) is 0 Å². The SMILES string of the molecule is CCCOCC(NC)C1CSCCO1. The lowest BCUT2D eigenvalue weighted by Gasteiger charge is -2.29. The smallest absolute Gasteiger partial charge is 0.0841 e. The van der Waals surface area contributed by atoms with Gasteiger partial charge in [-0.05, 0) is 13.5 Å². The van der Waals surface area contributed by atoms with Crippen LogP contribution in [0.5, 0.6) is 0 Å². The number of nitrogens with one attached hydrogen (secondary N) is 1. The summed E-state index contributed by atoms with van der Waals surface area (Å²) in [4.78, 5) is 0. The zero-order valence-electron chi connectivity index (χ0n) is 9.12. The van der Waals surface area contributed by atoms with Crippen molar-refractivity contribution in [2.45, 2.75) is 25.5 Å². The molecule has 1 N–H and O–H groups in total. The molecule has 0 saturated carbocycles. The van der Waals surface area contributed by atoms with E-state index in [1.165, 1.54) is 0 Å². The fourth-order valence-corrected chi connectivity index (χ4v) is 2.41. The molecule has 1 rings (SSSR count). The third-order valence-electron chi connectivity index (χ3n) is 2.31. The van der Waals surface area contributed by atoms with Gasteiger partial charge < -0.3 is 14.8 Å². The van der Waals surface area contributed by atoms with Crippen molar-refractivity contribution in [1.29, 1.82) is 0 Å². The van der Waals surface area contributed by atoms with E-state index in [0.29, 0.717) is 12.1 Å². The van der Waals surface area contributed by atoms with Gasteiger partial charge in [-0.2, -0.15) is 11.8 Å². The summed E-state index contributed by atoms with van der Waals surface area (Å²) in [5.41, 5.74) is 0. The van der Waals surface area contributed by atoms with Gasteiger partial charge in [0.05, 0.1) is 25.4 Å². The number of hydrogen-bond acceptors (Lipinski definition) is 4. The Labute approximate surface area is 90.9 Å². The van der Waals surface area contributed by atoms with Gasteiger partial charge in [-0.3, -0.25) is 0 Å². The predicted octanol–water partition coefficient (Wildman–Crippen LogP) is 1.13. The lowest BCUT2D eigenvalue weighted by molar-refractivity contribution is 0.0125. The Hall–Kier alpha value is 0.230. The Morgan fingerprint density at radius 3 is 3.07 bits per heavy atom. The van der Waals surface area contributed by atoms with Crippen molar-refractivity contribution in [1.82, 2.24) is 5.32 Å². The first-order valence-corrected chi connectivity index (χ1v) is 6.48. The standard InChI is InChI=1S/C10H21NO2S/c1-3-4-12-7-9(11-2)10-8-14-6-5-13-10/h9-11H,3-8H2,1-2H3. The molecule has 0 amide bonds. The second-order valence-corrected chi connectivity index (χ2v) is 4.60. The van der Waals surface area contributed by atoms with Crippen molar-refractivity contribution < 1.29 is 9.47 Å². The zero-order valence-corrected chi connectivity index (χ0v) is 9.94. The maximum atomic E-state index is 5.70. The van der Waals surface area contributed by atoms with Gasteiger partial charge in [-0.15, -0.1) is 0 Å². The number of ether oxygens (including phenoxy) is 2. The van der Waals surface area contributed by atoms with E-state index in [1.54, 1.807) is 0 Å². The van der Waals surface area contributed by atoms with Crippen molar-refractivity contribution in [2.75, 3.05) is 38.4 Å². The molecule has 1 heterocycles. The van der Waals surface area contributed by atoms with Crippen LogP contribution in [0.2, 0.25) is 0 Å². The molecule has 2 atom stereocenters. The third-order valence-corrected chi connectivity index (χ3v) is 3.33. The van der Waals surface area contributed by atoms with Gasteiger partial charge in [-0.25, -0.2) is 0 Å². The molecule has 0 aromatic heterocycles. The van der Waals surface area contributed by atoms with Gasteiger partial charge in [0.15, 0.2) is 0 Å². The lowest BCUT2D eigenvalue weighted by Crippen LogP contribution is -2.46. The molecule has 1 aliphatic heterocycles. The first kappa shape index (κ1) is 12.3. The van der Waals surface area contributed by atoms with Crippen molar-refractivity contribution >= 4 is 11.8 Å². The van der Waals surface area contributed by atoms with Crippen molar-refractivity contribution in [3.8, 4) is 0 Å². The van der Waals surface area contributed by atoms with E-state index in [9.17, 15) is 0 Å². The topological polar surface area (TPSA) is 30.5 Å². The van der Waals surface area contributed by atoms with Crippen molar-refractivity contribution in [3.63, 3.8) is 0 Å². The van der Waals surface area contributed by atoms with Crippen LogP contribution in [0.15, 0.2) is 0 Å². The first-order chi connectivity index (χ1) is 6.88. The van der Waals surface area contributed by atoms with Crippen LogP contribution in [0.3, 0.4) is 0 Å². The highest BCUT2D eigenvalue weighted by molar-refractivity contribution is 7.99. The summed E-state index contributed by atoms with van der Waals surface area (Å²) in [7, 11) is 1.97. The van der Waals surface area contributed by atoms with E-state index in [4.69, 9.17) is 9.47 Å². The first-order valence-electron chi connectivity index (χ1n) is 5.32. The minimum Gasteiger partial charge on any atom is -0.380 e. The van der Waals surface area contributed by atoms with E-state index in [2.05, 4.69) is 12.2 Å². The molecule has 4 heteroatoms. The van der Waals surface area contributed by atoms with Gasteiger partial charge in [0.25, 0.3) is 0 Å². The highest BCUT2D eigenvalue weighted by atomic mass is 32.2. The average Bonchev–Trinajstić information content (AvgIpc) is 2.26. The Balaban J connectivity index is 2.21. The molecule has 0 radical (unpaired) electrons. The molecule has 84 valence electrons. The Morgan fingerprint density at radius 2 is 2.50 bits per heavy atom. The highest BCUT2D eigenvalue weighted by Crippen LogP contribution is 2.15. The fraction of sp³-hybridized carbons (Fsp3) is 1.00. The molecule has 0 spiro atoms. The summed E-state index contributed by atoms with van der Waals surface area (Å²) in [6.45, 7) is 4.61. The molecule has 0 bridgehead atoms. The van der Waals surface area contributed by atoms with Crippen LogP contribution >= 0.6 is 11.8 Å². The van der Waals surface area contributed by atoms with E-state index in [1.807, 2.05) is 18.8 Å². The maximum Gasteiger partial charge on any atom is 0.0841 e. The van der Waals surface area contributed by atoms with E-state index >= 15 is 0 Å². The van der Waals surface area contributed by atoms with Crippen LogP contribution in [0.1, 0.15) is 13.3 Å². The largest absolute Gasteiger partial charge is 0.380 e. The molecule has 2 unspecified atom stereocenters. The normalized spacial score (nSPS) is 24.9. The summed E-state index contributed by atoms with van der Waals surface area (Å²) in [6.07, 6.45) is 1.40. The van der Waals surface area contributed by atoms with Crippen LogP contribution in [0, 0.1) is 0 Å². The minimum absolute atomic E-state index is 0.315. The van der Waals surface area contributed by atoms with E-state index < -0.39 is 0 Å². The van der Waals surface area contributed by atoms with Crippen LogP contribution in [-0.2, 0) is 9.47 Å². The van der Waals surface area contributed by atoms with Gasteiger partial charge >= 0.3 is 0 Å². The quantitative estimate of drug-likeness (QED) is 0.679. The molecular weight excluding hydrogens is 198 g/mol. The van der Waals surface area contributed by atoms with Gasteiger partial charge in [-0.1, -0.05) is 6.92 Å². The third kappa shape index (κ3) is 4.17. The summed E-state index contributed by atoms with van der Waals surface area (Å²) in [6, 6.07) is 0.342. The Morgan fingerprint density at radius 1 is 1.64 bits per heavy atom. The summed E-state index contributed by atoms with van der Waals surface area (Å²) >= 11 is 1.97. The predicted molar refractivity (Wildman–Crippen MR) is 61.0 cm³/mol. The monoisotopic (exact) mass is 219 g/mol. The molecular formula is C10H21NO2S. The maximum absolute atomic E-state index is 5.70. The molecule has 14 heavy (non-hydrogen) atoms. The number of rotatable bonds is 6. The van der Waals surface area contributed by atoms with Gasteiger partial charge in [0.1, 0.15) is 0 Å². The zero-order chi connectivity index (χ0) is 10.2. The second kappa shape index (κ2) is 7.51. The summed E-state index contributed by atoms with van der Waals surface area (Å²) in [5, 5.41) is 3.27. The molecule has 1 saturated heterocycles. The molecule has 0 aromatic rings. The number of thioether (sulfide) groups is 1. The molecule has 0 aliphatic carbocycles. The number of likely N-dealkylation sites (N-methyl/N-ethyl adjacent to an activating group) is 1. The highest BCUT2D eigenvalue weighted by Gasteiger charge is 2.23. The van der Waals surface area contributed by atoms with Crippen molar-refractivity contribution in [2.24, 2.45) is 0 Å². The summed E-state index contributed by atoms with van der Waals surface area (Å²) in [5.74, 6) is 2.21. The molecule has 1 aliphatic rings. The van der Waals surface area contributed by atoms with Crippen LogP contribution in [0.25, 0.3) is 0 Å². The Bertz CT molecular complexity index is 140. The lowest BCUT2D eigenvalue weighted by atomic mass is 10.2. The second-order valence-electron chi connectivity index (χ2n) is 3.45. The minimum atomic E-state index is 0.315. The van der Waals surface area contributed by atoms with E-state index in [0.717, 1.165) is 37.7 Å². The average molecular weight is 219 g/mol. The van der Waals surface area contributed by atoms with Gasteiger partial charge in [0.2, 0.25) is 0 Å².